The highest BCUT2D eigenvalue weighted by Gasteiger charge is 2.02. The van der Waals surface area contributed by atoms with Crippen molar-refractivity contribution >= 4 is 5.91 Å². The third-order valence-corrected chi connectivity index (χ3v) is 1.24. The summed E-state index contributed by atoms with van der Waals surface area (Å²) in [6.45, 7) is -0.451. The summed E-state index contributed by atoms with van der Waals surface area (Å²) in [5.41, 5.74) is 0.501. The highest BCUT2D eigenvalue weighted by molar-refractivity contribution is 5.93. The minimum atomic E-state index is -0.451. The Morgan fingerprint density at radius 1 is 1.36 bits per heavy atom. The first-order valence-electron chi connectivity index (χ1n) is 3.22. The minimum absolute atomic E-state index is 0.381. The third-order valence-electron chi connectivity index (χ3n) is 1.24. The number of aliphatic hydroxyl groups excluding tert-OH is 1. The first kappa shape index (κ1) is 7.75. The molecule has 0 aliphatic heterocycles. The SMILES string of the molecule is O=C([N]CO)c1ccccc1. The van der Waals surface area contributed by atoms with Gasteiger partial charge in [0.25, 0.3) is 5.91 Å². The Hall–Kier alpha value is -1.35. The zero-order valence-electron chi connectivity index (χ0n) is 5.90. The first-order valence-corrected chi connectivity index (χ1v) is 3.22. The summed E-state index contributed by atoms with van der Waals surface area (Å²) in [5.74, 6) is -0.381. The van der Waals surface area contributed by atoms with Crippen LogP contribution >= 0.6 is 0 Å². The van der Waals surface area contributed by atoms with Crippen molar-refractivity contribution in [3.8, 4) is 0 Å². The van der Waals surface area contributed by atoms with Gasteiger partial charge < -0.3 is 5.11 Å². The summed E-state index contributed by atoms with van der Waals surface area (Å²) in [6.07, 6.45) is 0. The molecule has 0 unspecified atom stereocenters. The van der Waals surface area contributed by atoms with Crippen LogP contribution in [0.2, 0.25) is 0 Å². The minimum Gasteiger partial charge on any atom is -0.374 e. The molecule has 0 heterocycles. The van der Waals surface area contributed by atoms with Gasteiger partial charge in [0.15, 0.2) is 0 Å². The molecule has 0 bridgehead atoms. The topological polar surface area (TPSA) is 51.4 Å². The number of hydrogen-bond acceptors (Lipinski definition) is 2. The quantitative estimate of drug-likeness (QED) is 0.662. The molecule has 0 aliphatic carbocycles. The number of carbonyl (C=O) groups is 1. The summed E-state index contributed by atoms with van der Waals surface area (Å²) in [4.78, 5) is 10.9. The molecule has 0 saturated carbocycles. The lowest BCUT2D eigenvalue weighted by molar-refractivity contribution is 0.0903. The van der Waals surface area contributed by atoms with Gasteiger partial charge in [0, 0.05) is 5.56 Å². The summed E-state index contributed by atoms with van der Waals surface area (Å²) in [6, 6.07) is 8.62. The van der Waals surface area contributed by atoms with E-state index in [1.54, 1.807) is 24.3 Å². The van der Waals surface area contributed by atoms with Crippen molar-refractivity contribution < 1.29 is 9.90 Å². The van der Waals surface area contributed by atoms with Gasteiger partial charge in [-0.2, -0.15) is 0 Å². The predicted molar refractivity (Wildman–Crippen MR) is 40.0 cm³/mol. The van der Waals surface area contributed by atoms with E-state index < -0.39 is 6.73 Å². The Morgan fingerprint density at radius 3 is 2.55 bits per heavy atom. The number of benzene rings is 1. The molecule has 0 spiro atoms. The van der Waals surface area contributed by atoms with Crippen LogP contribution in [0.1, 0.15) is 10.4 Å². The fourth-order valence-electron chi connectivity index (χ4n) is 0.736. The van der Waals surface area contributed by atoms with E-state index in [1.807, 2.05) is 6.07 Å². The van der Waals surface area contributed by atoms with Crippen LogP contribution in [-0.4, -0.2) is 17.7 Å². The number of rotatable bonds is 2. The maximum absolute atomic E-state index is 10.9. The molecular weight excluding hydrogens is 142 g/mol. The predicted octanol–water partition coefficient (Wildman–Crippen LogP) is 0.381. The smallest absolute Gasteiger partial charge is 0.274 e. The molecule has 0 atom stereocenters. The molecule has 1 amide bonds. The molecule has 1 radical (unpaired) electrons. The van der Waals surface area contributed by atoms with Gasteiger partial charge >= 0.3 is 0 Å². The fraction of sp³-hybridized carbons (Fsp3) is 0.125. The number of amides is 1. The molecule has 1 N–H and O–H groups in total. The molecule has 3 nitrogen and oxygen atoms in total. The fourth-order valence-corrected chi connectivity index (χ4v) is 0.736. The molecule has 0 saturated heterocycles. The van der Waals surface area contributed by atoms with Gasteiger partial charge in [0.2, 0.25) is 0 Å². The van der Waals surface area contributed by atoms with E-state index in [0.29, 0.717) is 5.56 Å². The Labute approximate surface area is 64.7 Å². The van der Waals surface area contributed by atoms with Crippen LogP contribution in [-0.2, 0) is 0 Å². The van der Waals surface area contributed by atoms with Gasteiger partial charge in [-0.05, 0) is 12.1 Å². The zero-order valence-corrected chi connectivity index (χ0v) is 5.90. The molecule has 57 valence electrons. The highest BCUT2D eigenvalue weighted by Crippen LogP contribution is 1.97. The molecule has 11 heavy (non-hydrogen) atoms. The van der Waals surface area contributed by atoms with Crippen molar-refractivity contribution in [3.05, 3.63) is 35.9 Å². The van der Waals surface area contributed by atoms with Crippen molar-refractivity contribution in [2.45, 2.75) is 0 Å². The maximum atomic E-state index is 10.9. The van der Waals surface area contributed by atoms with E-state index in [4.69, 9.17) is 5.11 Å². The monoisotopic (exact) mass is 150 g/mol. The second-order valence-electron chi connectivity index (χ2n) is 1.97. The van der Waals surface area contributed by atoms with Crippen LogP contribution < -0.4 is 5.32 Å². The summed E-state index contributed by atoms with van der Waals surface area (Å²) >= 11 is 0. The van der Waals surface area contributed by atoms with Crippen molar-refractivity contribution in [1.29, 1.82) is 0 Å². The zero-order chi connectivity index (χ0) is 8.10. The van der Waals surface area contributed by atoms with Crippen LogP contribution in [0.4, 0.5) is 0 Å². The number of aliphatic hydroxyl groups is 1. The summed E-state index contributed by atoms with van der Waals surface area (Å²) < 4.78 is 0. The standard InChI is InChI=1S/C8H8NO2/c10-6-9-8(11)7-4-2-1-3-5-7/h1-5,10H,6H2. The lowest BCUT2D eigenvalue weighted by Gasteiger charge is -1.96. The van der Waals surface area contributed by atoms with Crippen molar-refractivity contribution in [3.63, 3.8) is 0 Å². The molecular formula is C8H8NO2. The normalized spacial score (nSPS) is 9.18. The van der Waals surface area contributed by atoms with E-state index >= 15 is 0 Å². The number of carbonyl (C=O) groups excluding carboxylic acids is 1. The molecule has 0 aromatic heterocycles. The van der Waals surface area contributed by atoms with Crippen molar-refractivity contribution in [1.82, 2.24) is 5.32 Å². The third kappa shape index (κ3) is 2.05. The van der Waals surface area contributed by atoms with Crippen LogP contribution in [0.5, 0.6) is 0 Å². The Morgan fingerprint density at radius 2 is 2.00 bits per heavy atom. The lowest BCUT2D eigenvalue weighted by atomic mass is 10.2. The molecule has 1 rings (SSSR count). The van der Waals surface area contributed by atoms with Gasteiger partial charge in [-0.15, -0.1) is 0 Å². The number of nitrogens with zero attached hydrogens (tertiary/aromatic N) is 1. The Bertz CT molecular complexity index is 233. The second kappa shape index (κ2) is 3.73. The van der Waals surface area contributed by atoms with Gasteiger partial charge in [-0.1, -0.05) is 18.2 Å². The summed E-state index contributed by atoms with van der Waals surface area (Å²) in [7, 11) is 0. The average Bonchev–Trinajstić information content (AvgIpc) is 2.07. The van der Waals surface area contributed by atoms with E-state index in [1.165, 1.54) is 0 Å². The number of hydrogen-bond donors (Lipinski definition) is 1. The Balaban J connectivity index is 2.69. The second-order valence-corrected chi connectivity index (χ2v) is 1.97. The molecule has 0 aliphatic rings. The van der Waals surface area contributed by atoms with Gasteiger partial charge in [-0.3, -0.25) is 4.79 Å². The molecule has 1 aromatic rings. The highest BCUT2D eigenvalue weighted by atomic mass is 16.3. The Kier molecular flexibility index (Phi) is 2.63. The van der Waals surface area contributed by atoms with Crippen LogP contribution in [0.25, 0.3) is 0 Å². The van der Waals surface area contributed by atoms with Crippen LogP contribution in [0.15, 0.2) is 30.3 Å². The molecule has 0 fully saturated rings. The average molecular weight is 150 g/mol. The van der Waals surface area contributed by atoms with Crippen LogP contribution in [0.3, 0.4) is 0 Å². The lowest BCUT2D eigenvalue weighted by Crippen LogP contribution is -2.15. The summed E-state index contributed by atoms with van der Waals surface area (Å²) in [5, 5.41) is 11.6. The van der Waals surface area contributed by atoms with Crippen molar-refractivity contribution in [2.24, 2.45) is 0 Å². The van der Waals surface area contributed by atoms with Gasteiger partial charge in [0.05, 0.1) is 0 Å². The van der Waals surface area contributed by atoms with E-state index in [2.05, 4.69) is 5.32 Å². The maximum Gasteiger partial charge on any atom is 0.274 e. The van der Waals surface area contributed by atoms with E-state index in [9.17, 15) is 4.79 Å². The molecule has 1 aromatic carbocycles. The van der Waals surface area contributed by atoms with Gasteiger partial charge in [-0.25, -0.2) is 5.32 Å². The van der Waals surface area contributed by atoms with E-state index in [-0.39, 0.29) is 5.91 Å². The first-order chi connectivity index (χ1) is 5.34. The largest absolute Gasteiger partial charge is 0.374 e. The van der Waals surface area contributed by atoms with Gasteiger partial charge in [0.1, 0.15) is 6.73 Å². The van der Waals surface area contributed by atoms with Crippen LogP contribution in [0, 0.1) is 0 Å². The van der Waals surface area contributed by atoms with Crippen molar-refractivity contribution in [2.75, 3.05) is 6.73 Å². The van der Waals surface area contributed by atoms with E-state index in [0.717, 1.165) is 0 Å². The molecule has 3 heteroatoms.